The summed E-state index contributed by atoms with van der Waals surface area (Å²) >= 11 is 6.40. The van der Waals surface area contributed by atoms with Gasteiger partial charge in [0.25, 0.3) is 0 Å². The fraction of sp³-hybridized carbons (Fsp3) is 0.548. The molecule has 2 fully saturated rings. The number of halogens is 1. The van der Waals surface area contributed by atoms with Crippen molar-refractivity contribution in [3.8, 4) is 22.8 Å². The maximum Gasteiger partial charge on any atom is 0.439 e. The number of nitrogens with one attached hydrogen (secondary N) is 1. The van der Waals surface area contributed by atoms with Crippen LogP contribution < -0.4 is 10.7 Å². The minimum atomic E-state index is -0.665. The van der Waals surface area contributed by atoms with Crippen LogP contribution in [0.25, 0.3) is 33.8 Å². The fourth-order valence-corrected chi connectivity index (χ4v) is 6.43. The van der Waals surface area contributed by atoms with Crippen molar-refractivity contribution < 1.29 is 14.1 Å². The Morgan fingerprint density at radius 2 is 1.89 bits per heavy atom. The number of aromatic nitrogens is 6. The molecule has 6 rings (SSSR count). The molecule has 5 heterocycles. The van der Waals surface area contributed by atoms with E-state index in [1.54, 1.807) is 17.3 Å². The number of rotatable bonds is 5. The summed E-state index contributed by atoms with van der Waals surface area (Å²) < 4.78 is 12.7. The minimum Gasteiger partial charge on any atom is -0.444 e. The van der Waals surface area contributed by atoms with Crippen molar-refractivity contribution in [1.29, 1.82) is 0 Å². The average Bonchev–Trinajstić information content (AvgIpc) is 3.56. The van der Waals surface area contributed by atoms with Gasteiger partial charge in [-0.15, -0.1) is 0 Å². The number of piperazine rings is 1. The van der Waals surface area contributed by atoms with Gasteiger partial charge in [-0.25, -0.2) is 19.6 Å². The highest BCUT2D eigenvalue weighted by Gasteiger charge is 2.34. The van der Waals surface area contributed by atoms with Crippen molar-refractivity contribution in [3.05, 3.63) is 40.1 Å². The first-order chi connectivity index (χ1) is 20.9. The van der Waals surface area contributed by atoms with Crippen molar-refractivity contribution >= 4 is 34.7 Å². The van der Waals surface area contributed by atoms with Crippen LogP contribution in [-0.4, -0.2) is 71.9 Å². The van der Waals surface area contributed by atoms with Gasteiger partial charge in [-0.2, -0.15) is 0 Å². The first-order valence-corrected chi connectivity index (χ1v) is 15.7. The third-order valence-electron chi connectivity index (χ3n) is 8.48. The summed E-state index contributed by atoms with van der Waals surface area (Å²) in [6.45, 7) is 12.5. The summed E-state index contributed by atoms with van der Waals surface area (Å²) in [5, 5.41) is 4.37. The van der Waals surface area contributed by atoms with E-state index in [9.17, 15) is 9.59 Å². The van der Waals surface area contributed by atoms with Crippen LogP contribution >= 0.6 is 11.6 Å². The van der Waals surface area contributed by atoms with E-state index in [4.69, 9.17) is 30.8 Å². The Kier molecular flexibility index (Phi) is 8.12. The largest absolute Gasteiger partial charge is 0.444 e. The average molecular weight is 623 g/mol. The number of anilines is 1. The zero-order valence-corrected chi connectivity index (χ0v) is 26.6. The summed E-state index contributed by atoms with van der Waals surface area (Å²) in [5.41, 5.74) is 2.78. The zero-order valence-electron chi connectivity index (χ0n) is 25.8. The van der Waals surface area contributed by atoms with Crippen LogP contribution in [0.5, 0.6) is 0 Å². The summed E-state index contributed by atoms with van der Waals surface area (Å²) in [7, 11) is 0. The molecule has 1 aliphatic carbocycles. The van der Waals surface area contributed by atoms with Crippen molar-refractivity contribution in [2.24, 2.45) is 11.8 Å². The molecule has 234 valence electrons. The normalized spacial score (nSPS) is 21.2. The SMILES string of the molecule is CC1CCC(Cn2c(N3CCN(C(=O)OC(C)(C)C)CC3C)nc3cc(-c4noc(=O)[nH]4)nc(-c4cncc(Cl)c4)c32)CC1. The number of carbonyl (C=O) groups excluding carboxylic acids is 1. The Morgan fingerprint density at radius 3 is 2.55 bits per heavy atom. The number of fused-ring (bicyclic) bond motifs is 1. The van der Waals surface area contributed by atoms with Gasteiger partial charge in [0, 0.05) is 50.2 Å². The van der Waals surface area contributed by atoms with E-state index >= 15 is 0 Å². The molecule has 0 aromatic carbocycles. The molecule has 0 spiro atoms. The second-order valence-electron chi connectivity index (χ2n) is 13.2. The van der Waals surface area contributed by atoms with E-state index in [0.29, 0.717) is 47.5 Å². The van der Waals surface area contributed by atoms with Crippen molar-refractivity contribution in [3.63, 3.8) is 0 Å². The number of imidazole rings is 1. The predicted molar refractivity (Wildman–Crippen MR) is 168 cm³/mol. The molecule has 1 saturated carbocycles. The van der Waals surface area contributed by atoms with E-state index in [0.717, 1.165) is 42.3 Å². The van der Waals surface area contributed by atoms with Gasteiger partial charge in [0.05, 0.1) is 21.7 Å². The molecule has 44 heavy (non-hydrogen) atoms. The van der Waals surface area contributed by atoms with Gasteiger partial charge in [-0.3, -0.25) is 14.5 Å². The quantitative estimate of drug-likeness (QED) is 0.294. The van der Waals surface area contributed by atoms with Crippen molar-refractivity contribution in [2.45, 2.75) is 78.5 Å². The first kappa shape index (κ1) is 30.1. The van der Waals surface area contributed by atoms with Gasteiger partial charge in [-0.1, -0.05) is 36.5 Å². The van der Waals surface area contributed by atoms with Crippen LogP contribution in [0.2, 0.25) is 5.02 Å². The molecule has 1 unspecified atom stereocenters. The molecule has 12 nitrogen and oxygen atoms in total. The number of amides is 1. The molecule has 0 bridgehead atoms. The lowest BCUT2D eigenvalue weighted by Gasteiger charge is -2.41. The molecule has 4 aromatic rings. The summed E-state index contributed by atoms with van der Waals surface area (Å²) in [6, 6.07) is 3.64. The number of nitrogens with zero attached hydrogens (tertiary/aromatic N) is 7. The molecule has 1 atom stereocenters. The van der Waals surface area contributed by atoms with Crippen LogP contribution in [0, 0.1) is 11.8 Å². The maximum absolute atomic E-state index is 12.9. The lowest BCUT2D eigenvalue weighted by Crippen LogP contribution is -2.55. The molecule has 2 aliphatic rings. The number of hydrogen-bond donors (Lipinski definition) is 1. The summed E-state index contributed by atoms with van der Waals surface area (Å²) in [5.74, 6) is 1.58. The topological polar surface area (TPSA) is 135 Å². The van der Waals surface area contributed by atoms with Crippen LogP contribution in [0.4, 0.5) is 10.7 Å². The van der Waals surface area contributed by atoms with E-state index < -0.39 is 11.4 Å². The lowest BCUT2D eigenvalue weighted by atomic mass is 9.83. The van der Waals surface area contributed by atoms with Crippen LogP contribution in [0.15, 0.2) is 33.8 Å². The third-order valence-corrected chi connectivity index (χ3v) is 8.68. The van der Waals surface area contributed by atoms with E-state index in [-0.39, 0.29) is 18.0 Å². The smallest absolute Gasteiger partial charge is 0.439 e. The Balaban J connectivity index is 1.47. The second-order valence-corrected chi connectivity index (χ2v) is 13.6. The monoisotopic (exact) mass is 622 g/mol. The second kappa shape index (κ2) is 11.9. The molecule has 4 aromatic heterocycles. The standard InChI is InChI=1S/C31H39ClN8O4/c1-18-6-8-20(9-7-18)17-40-26-23(35-28(40)39-11-10-38(16-19(39)2)30(42)43-31(3,4)5)13-24(27-36-29(41)44-37-27)34-25(26)21-12-22(32)15-33-14-21/h12-15,18-20H,6-11,16-17H2,1-5H3,(H,36,37,41). The fourth-order valence-electron chi connectivity index (χ4n) is 6.26. The van der Waals surface area contributed by atoms with Gasteiger partial charge in [0.15, 0.2) is 0 Å². The predicted octanol–water partition coefficient (Wildman–Crippen LogP) is 5.76. The highest BCUT2D eigenvalue weighted by molar-refractivity contribution is 6.30. The molecule has 1 N–H and O–H groups in total. The van der Waals surface area contributed by atoms with E-state index in [2.05, 4.69) is 38.4 Å². The zero-order chi connectivity index (χ0) is 31.2. The van der Waals surface area contributed by atoms with Crippen LogP contribution in [0.1, 0.15) is 60.3 Å². The summed E-state index contributed by atoms with van der Waals surface area (Å²) in [6.07, 6.45) is 7.68. The molecular weight excluding hydrogens is 584 g/mol. The Hall–Kier alpha value is -3.93. The Bertz CT molecular complexity index is 1720. The molecule has 0 radical (unpaired) electrons. The Labute approximate surface area is 260 Å². The number of aromatic amines is 1. The first-order valence-electron chi connectivity index (χ1n) is 15.3. The van der Waals surface area contributed by atoms with Gasteiger partial charge in [-0.05, 0) is 64.5 Å². The number of hydrogen-bond acceptors (Lipinski definition) is 9. The van der Waals surface area contributed by atoms with Gasteiger partial charge in [0.1, 0.15) is 11.3 Å². The highest BCUT2D eigenvalue weighted by atomic mass is 35.5. The lowest BCUT2D eigenvalue weighted by molar-refractivity contribution is 0.0217. The van der Waals surface area contributed by atoms with Crippen LogP contribution in [-0.2, 0) is 11.3 Å². The summed E-state index contributed by atoms with van der Waals surface area (Å²) in [4.78, 5) is 45.9. The molecule has 13 heteroatoms. The van der Waals surface area contributed by atoms with Gasteiger partial charge >= 0.3 is 11.8 Å². The van der Waals surface area contributed by atoms with E-state index in [1.165, 1.54) is 12.8 Å². The minimum absolute atomic E-state index is 0.0196. The van der Waals surface area contributed by atoms with Crippen molar-refractivity contribution in [1.82, 2.24) is 34.6 Å². The van der Waals surface area contributed by atoms with Crippen molar-refractivity contribution in [2.75, 3.05) is 24.5 Å². The molecular formula is C31H39ClN8O4. The van der Waals surface area contributed by atoms with Gasteiger partial charge < -0.3 is 19.1 Å². The van der Waals surface area contributed by atoms with Crippen LogP contribution in [0.3, 0.4) is 0 Å². The number of ether oxygens (including phenoxy) is 1. The Morgan fingerprint density at radius 1 is 1.11 bits per heavy atom. The third kappa shape index (κ3) is 6.31. The highest BCUT2D eigenvalue weighted by Crippen LogP contribution is 2.38. The maximum atomic E-state index is 12.9. The molecule has 1 amide bonds. The number of pyridine rings is 2. The van der Waals surface area contributed by atoms with Gasteiger partial charge in [0.2, 0.25) is 11.8 Å². The molecule has 1 aliphatic heterocycles. The van der Waals surface area contributed by atoms with E-state index in [1.807, 2.05) is 32.9 Å². The number of carbonyl (C=O) groups is 1. The number of H-pyrrole nitrogens is 1. The molecule has 1 saturated heterocycles.